The van der Waals surface area contributed by atoms with Crippen molar-refractivity contribution >= 4 is 10.8 Å². The van der Waals surface area contributed by atoms with Crippen LogP contribution in [0.3, 0.4) is 0 Å². The van der Waals surface area contributed by atoms with Gasteiger partial charge in [-0.1, -0.05) is 0 Å². The Bertz CT molecular complexity index is 58.3. The van der Waals surface area contributed by atoms with E-state index in [9.17, 15) is 4.21 Å². The van der Waals surface area contributed by atoms with Gasteiger partial charge in [-0.3, -0.25) is 4.21 Å². The summed E-state index contributed by atoms with van der Waals surface area (Å²) in [5.74, 6) is 0. The number of halogens is 1. The summed E-state index contributed by atoms with van der Waals surface area (Å²) in [4.78, 5) is 0. The minimum atomic E-state index is -3.76. The van der Waals surface area contributed by atoms with Crippen LogP contribution in [0.15, 0.2) is 0 Å². The zero-order chi connectivity index (χ0) is 7.15. The van der Waals surface area contributed by atoms with Gasteiger partial charge in [-0.05, 0) is 3.44 Å². The third-order valence-electron chi connectivity index (χ3n) is 0. The van der Waals surface area contributed by atoms with Crippen molar-refractivity contribution in [2.24, 2.45) is 0 Å². The van der Waals surface area contributed by atoms with Crippen molar-refractivity contribution in [1.29, 1.82) is 0 Å². The standard InChI is InChI=1S/C2H6OS.HIO3/c1-4(2)3;2-1(3)4/h1-2H3;2H. The van der Waals surface area contributed by atoms with Gasteiger partial charge in [-0.25, -0.2) is 0 Å². The Labute approximate surface area is 59.0 Å². The summed E-state index contributed by atoms with van der Waals surface area (Å²) >= 11 is -3.76. The van der Waals surface area contributed by atoms with Gasteiger partial charge >= 0.3 is 21.1 Å². The molecule has 0 aliphatic heterocycles. The molecule has 0 amide bonds. The lowest BCUT2D eigenvalue weighted by atomic mass is 11.9. The lowest BCUT2D eigenvalue weighted by Crippen LogP contribution is -3.98. The molecule has 0 radical (unpaired) electrons. The van der Waals surface area contributed by atoms with Crippen molar-refractivity contribution < 1.29 is 35.6 Å². The summed E-state index contributed by atoms with van der Waals surface area (Å²) in [6.07, 6.45) is 3.28. The van der Waals surface area contributed by atoms with E-state index in [1.807, 2.05) is 0 Å². The summed E-state index contributed by atoms with van der Waals surface area (Å²) in [6, 6.07) is 0. The van der Waals surface area contributed by atoms with E-state index in [2.05, 4.69) is 0 Å². The molecule has 0 aromatic rings. The first-order valence-electron chi connectivity index (χ1n) is 1.46. The molecule has 0 aliphatic carbocycles. The van der Waals surface area contributed by atoms with Crippen molar-refractivity contribution in [3.8, 4) is 0 Å². The highest BCUT2D eigenvalue weighted by molar-refractivity contribution is 7.83. The van der Waals surface area contributed by atoms with E-state index in [1.165, 1.54) is 0 Å². The van der Waals surface area contributed by atoms with Crippen LogP contribution >= 0.6 is 0 Å². The summed E-state index contributed by atoms with van der Waals surface area (Å²) < 4.78 is 34.0. The lowest BCUT2D eigenvalue weighted by molar-refractivity contribution is -1.63. The monoisotopic (exact) mass is 254 g/mol. The molecule has 0 aromatic heterocycles. The Balaban J connectivity index is 0. The Morgan fingerprint density at radius 3 is 1.50 bits per heavy atom. The zero-order valence-electron chi connectivity index (χ0n) is 4.46. The van der Waals surface area contributed by atoms with Gasteiger partial charge in [0.1, 0.15) is 0 Å². The molecule has 0 atom stereocenters. The quantitative estimate of drug-likeness (QED) is 0.436. The highest BCUT2D eigenvalue weighted by Gasteiger charge is 1.89. The SMILES string of the molecule is CS(C)=O.[O-][I+2]([O-])O. The van der Waals surface area contributed by atoms with Crippen LogP contribution in [0, 0.1) is 0 Å². The van der Waals surface area contributed by atoms with E-state index in [1.54, 1.807) is 12.5 Å². The lowest BCUT2D eigenvalue weighted by Gasteiger charge is -1.67. The van der Waals surface area contributed by atoms with Crippen molar-refractivity contribution in [2.45, 2.75) is 0 Å². The molecule has 0 bridgehead atoms. The highest BCUT2D eigenvalue weighted by Crippen LogP contribution is 1.47. The van der Waals surface area contributed by atoms with Gasteiger partial charge in [-0.2, -0.15) is 0 Å². The molecule has 0 unspecified atom stereocenters. The van der Waals surface area contributed by atoms with E-state index in [4.69, 9.17) is 10.3 Å². The number of hydrogen-bond acceptors (Lipinski definition) is 4. The van der Waals surface area contributed by atoms with Gasteiger partial charge in [0.25, 0.3) is 0 Å². The van der Waals surface area contributed by atoms with E-state index in [0.29, 0.717) is 0 Å². The summed E-state index contributed by atoms with van der Waals surface area (Å²) in [7, 11) is -0.611. The molecule has 0 saturated heterocycles. The minimum Gasteiger partial charge on any atom is -0.396 e. The fourth-order valence-corrected chi connectivity index (χ4v) is 0. The van der Waals surface area contributed by atoms with Crippen LogP contribution in [0.25, 0.3) is 0 Å². The van der Waals surface area contributed by atoms with E-state index < -0.39 is 31.9 Å². The molecular weight excluding hydrogens is 247 g/mol. The van der Waals surface area contributed by atoms with E-state index >= 15 is 0 Å². The van der Waals surface area contributed by atoms with Crippen molar-refractivity contribution in [3.63, 3.8) is 0 Å². The third-order valence-corrected chi connectivity index (χ3v) is 0. The molecule has 0 aromatic carbocycles. The van der Waals surface area contributed by atoms with Crippen molar-refractivity contribution in [3.05, 3.63) is 0 Å². The van der Waals surface area contributed by atoms with E-state index in [0.717, 1.165) is 0 Å². The Kier molecular flexibility index (Phi) is 11.2. The van der Waals surface area contributed by atoms with Crippen LogP contribution in [0.4, 0.5) is 0 Å². The average molecular weight is 254 g/mol. The molecule has 0 heterocycles. The molecule has 0 saturated carbocycles. The molecule has 4 nitrogen and oxygen atoms in total. The normalized spacial score (nSPS) is 8.88. The molecule has 0 rings (SSSR count). The maximum Gasteiger partial charge on any atom is 0.503 e. The average Bonchev–Trinajstić information content (AvgIpc) is 1.25. The topological polar surface area (TPSA) is 83.4 Å². The summed E-state index contributed by atoms with van der Waals surface area (Å²) in [6.45, 7) is 0. The van der Waals surface area contributed by atoms with E-state index in [-0.39, 0.29) is 0 Å². The van der Waals surface area contributed by atoms with Gasteiger partial charge in [0.05, 0.1) is 0 Å². The smallest absolute Gasteiger partial charge is 0.396 e. The molecule has 6 heteroatoms. The molecular formula is C2H7IO4S. The number of hydrogen-bond donors (Lipinski definition) is 1. The van der Waals surface area contributed by atoms with Crippen LogP contribution in [-0.2, 0) is 10.8 Å². The van der Waals surface area contributed by atoms with Gasteiger partial charge in [0, 0.05) is 23.3 Å². The van der Waals surface area contributed by atoms with Crippen LogP contribution in [0.1, 0.15) is 0 Å². The molecule has 0 aliphatic rings. The first-order valence-corrected chi connectivity index (χ1v) is 6.15. The Morgan fingerprint density at radius 2 is 1.50 bits per heavy atom. The summed E-state index contributed by atoms with van der Waals surface area (Å²) in [5.41, 5.74) is 0. The fourth-order valence-electron chi connectivity index (χ4n) is 0. The summed E-state index contributed by atoms with van der Waals surface area (Å²) in [5, 5.41) is 0. The molecule has 52 valence electrons. The minimum absolute atomic E-state index is 0.611. The molecule has 0 spiro atoms. The number of rotatable bonds is 0. The van der Waals surface area contributed by atoms with Gasteiger partial charge in [0.2, 0.25) is 0 Å². The Hall–Kier alpha value is 0.760. The first kappa shape index (κ1) is 11.5. The molecule has 8 heavy (non-hydrogen) atoms. The van der Waals surface area contributed by atoms with Crippen LogP contribution in [-0.4, -0.2) is 20.2 Å². The third kappa shape index (κ3) is 388. The fraction of sp³-hybridized carbons (Fsp3) is 1.00. The second-order valence-electron chi connectivity index (χ2n) is 0.943. The first-order chi connectivity index (χ1) is 3.46. The van der Waals surface area contributed by atoms with Crippen LogP contribution < -0.4 is 27.9 Å². The Morgan fingerprint density at radius 1 is 1.50 bits per heavy atom. The maximum atomic E-state index is 9.56. The predicted octanol–water partition coefficient (Wildman–Crippen LogP) is -5.94. The molecule has 1 N–H and O–H groups in total. The maximum absolute atomic E-state index is 9.56. The highest BCUT2D eigenvalue weighted by atomic mass is 127. The van der Waals surface area contributed by atoms with Gasteiger partial charge in [-0.15, -0.1) is 0 Å². The second-order valence-corrected chi connectivity index (χ2v) is 3.57. The van der Waals surface area contributed by atoms with Gasteiger partial charge < -0.3 is 6.87 Å². The van der Waals surface area contributed by atoms with Crippen LogP contribution in [0.2, 0.25) is 0 Å². The second kappa shape index (κ2) is 7.76. The van der Waals surface area contributed by atoms with Crippen molar-refractivity contribution in [1.82, 2.24) is 0 Å². The molecule has 0 fully saturated rings. The zero-order valence-corrected chi connectivity index (χ0v) is 7.43. The van der Waals surface area contributed by atoms with Gasteiger partial charge in [0.15, 0.2) is 0 Å². The van der Waals surface area contributed by atoms with Crippen molar-refractivity contribution in [2.75, 3.05) is 12.5 Å². The predicted molar refractivity (Wildman–Crippen MR) is 22.2 cm³/mol. The largest absolute Gasteiger partial charge is 0.503 e. The van der Waals surface area contributed by atoms with Crippen LogP contribution in [0.5, 0.6) is 0 Å².